The van der Waals surface area contributed by atoms with Crippen molar-refractivity contribution in [2.75, 3.05) is 19.8 Å². The molecule has 16 heavy (non-hydrogen) atoms. The highest BCUT2D eigenvalue weighted by molar-refractivity contribution is 5.74. The molecule has 1 atom stereocenters. The first-order valence-corrected chi connectivity index (χ1v) is 5.01. The van der Waals surface area contributed by atoms with Gasteiger partial charge in [-0.2, -0.15) is 13.2 Å². The quantitative estimate of drug-likeness (QED) is 0.653. The number of nitrogens with one attached hydrogen (secondary N) is 1. The fraction of sp³-hybridized carbons (Fsp3) is 0.889. The number of hydrogen-bond donors (Lipinski definition) is 2. The molecule has 0 radical (unpaired) electrons. The Balaban J connectivity index is 2.07. The molecule has 1 rings (SSSR count). The maximum atomic E-state index is 11.7. The molecule has 94 valence electrons. The van der Waals surface area contributed by atoms with Gasteiger partial charge >= 0.3 is 12.1 Å². The van der Waals surface area contributed by atoms with Crippen LogP contribution in [-0.4, -0.2) is 43.1 Å². The molecule has 0 spiro atoms. The van der Waals surface area contributed by atoms with E-state index in [1.165, 1.54) is 0 Å². The molecule has 0 bridgehead atoms. The van der Waals surface area contributed by atoms with Gasteiger partial charge < -0.3 is 15.2 Å². The van der Waals surface area contributed by atoms with Gasteiger partial charge in [0, 0.05) is 6.54 Å². The smallest absolute Gasteiger partial charge is 0.411 e. The number of rotatable bonds is 7. The zero-order valence-electron chi connectivity index (χ0n) is 8.59. The van der Waals surface area contributed by atoms with Gasteiger partial charge in [0.25, 0.3) is 0 Å². The SMILES string of the molecule is O=C(O)C(NCCOCC(F)(F)F)C1CC1. The monoisotopic (exact) mass is 241 g/mol. The summed E-state index contributed by atoms with van der Waals surface area (Å²) in [4.78, 5) is 10.7. The second-order valence-corrected chi connectivity index (χ2v) is 3.78. The van der Waals surface area contributed by atoms with Crippen LogP contribution >= 0.6 is 0 Å². The molecule has 0 aromatic carbocycles. The maximum Gasteiger partial charge on any atom is 0.411 e. The zero-order valence-corrected chi connectivity index (χ0v) is 8.59. The number of carboxylic acids is 1. The van der Waals surface area contributed by atoms with Gasteiger partial charge in [0.2, 0.25) is 0 Å². The van der Waals surface area contributed by atoms with Crippen LogP contribution in [0.3, 0.4) is 0 Å². The third kappa shape index (κ3) is 5.32. The van der Waals surface area contributed by atoms with Crippen LogP contribution < -0.4 is 5.32 Å². The Morgan fingerprint density at radius 2 is 2.12 bits per heavy atom. The van der Waals surface area contributed by atoms with E-state index in [9.17, 15) is 18.0 Å². The molecular formula is C9H14F3NO3. The normalized spacial score (nSPS) is 18.4. The highest BCUT2D eigenvalue weighted by atomic mass is 19.4. The fourth-order valence-electron chi connectivity index (χ4n) is 1.36. The lowest BCUT2D eigenvalue weighted by atomic mass is 10.2. The lowest BCUT2D eigenvalue weighted by Gasteiger charge is -2.13. The molecule has 1 aliphatic rings. The predicted octanol–water partition coefficient (Wildman–Crippen LogP) is 1.02. The van der Waals surface area contributed by atoms with E-state index in [0.29, 0.717) is 0 Å². The summed E-state index contributed by atoms with van der Waals surface area (Å²) in [7, 11) is 0. The van der Waals surface area contributed by atoms with E-state index in [2.05, 4.69) is 10.1 Å². The van der Waals surface area contributed by atoms with Gasteiger partial charge in [-0.05, 0) is 18.8 Å². The number of ether oxygens (including phenoxy) is 1. The van der Waals surface area contributed by atoms with Crippen molar-refractivity contribution >= 4 is 5.97 Å². The van der Waals surface area contributed by atoms with Crippen LogP contribution in [0.15, 0.2) is 0 Å². The van der Waals surface area contributed by atoms with E-state index in [0.717, 1.165) is 12.8 Å². The zero-order chi connectivity index (χ0) is 12.2. The Hall–Kier alpha value is -0.820. The molecule has 0 aliphatic heterocycles. The van der Waals surface area contributed by atoms with Crippen LogP contribution in [0.2, 0.25) is 0 Å². The summed E-state index contributed by atoms with van der Waals surface area (Å²) in [5.41, 5.74) is 0. The second kappa shape index (κ2) is 5.49. The summed E-state index contributed by atoms with van der Waals surface area (Å²) < 4.78 is 39.4. The van der Waals surface area contributed by atoms with Crippen molar-refractivity contribution in [2.24, 2.45) is 5.92 Å². The standard InChI is InChI=1S/C9H14F3NO3/c10-9(11,12)5-16-4-3-13-7(8(14)15)6-1-2-6/h6-7,13H,1-5H2,(H,14,15). The first-order chi connectivity index (χ1) is 7.40. The van der Waals surface area contributed by atoms with Crippen molar-refractivity contribution in [1.29, 1.82) is 0 Å². The molecule has 2 N–H and O–H groups in total. The third-order valence-corrected chi connectivity index (χ3v) is 2.24. The van der Waals surface area contributed by atoms with Crippen LogP contribution in [-0.2, 0) is 9.53 Å². The largest absolute Gasteiger partial charge is 0.480 e. The summed E-state index contributed by atoms with van der Waals surface area (Å²) in [5, 5.41) is 11.5. The van der Waals surface area contributed by atoms with Crippen molar-refractivity contribution in [3.8, 4) is 0 Å². The van der Waals surface area contributed by atoms with Gasteiger partial charge in [-0.1, -0.05) is 0 Å². The molecule has 4 nitrogen and oxygen atoms in total. The van der Waals surface area contributed by atoms with E-state index in [-0.39, 0.29) is 19.1 Å². The van der Waals surface area contributed by atoms with Gasteiger partial charge in [0.15, 0.2) is 0 Å². The minimum absolute atomic E-state index is 0.111. The van der Waals surface area contributed by atoms with Crippen molar-refractivity contribution in [1.82, 2.24) is 5.32 Å². The summed E-state index contributed by atoms with van der Waals surface area (Å²) in [6.07, 6.45) is -2.62. The predicted molar refractivity (Wildman–Crippen MR) is 49.0 cm³/mol. The molecule has 1 unspecified atom stereocenters. The molecule has 1 aliphatic carbocycles. The van der Waals surface area contributed by atoms with Crippen LogP contribution in [0.25, 0.3) is 0 Å². The number of alkyl halides is 3. The highest BCUT2D eigenvalue weighted by Crippen LogP contribution is 2.32. The first-order valence-electron chi connectivity index (χ1n) is 5.01. The topological polar surface area (TPSA) is 58.6 Å². The summed E-state index contributed by atoms with van der Waals surface area (Å²) in [5.74, 6) is -0.849. The highest BCUT2D eigenvalue weighted by Gasteiger charge is 2.35. The van der Waals surface area contributed by atoms with Crippen LogP contribution in [0, 0.1) is 5.92 Å². The first kappa shape index (κ1) is 13.2. The molecule has 1 fully saturated rings. The molecule has 0 heterocycles. The Bertz CT molecular complexity index is 241. The van der Waals surface area contributed by atoms with Crippen molar-refractivity contribution in [3.63, 3.8) is 0 Å². The Labute approximate surface area is 90.8 Å². The molecule has 1 saturated carbocycles. The number of carboxylic acid groups (broad SMARTS) is 1. The van der Waals surface area contributed by atoms with E-state index in [4.69, 9.17) is 5.11 Å². The van der Waals surface area contributed by atoms with E-state index >= 15 is 0 Å². The third-order valence-electron chi connectivity index (χ3n) is 2.24. The Morgan fingerprint density at radius 3 is 2.56 bits per heavy atom. The maximum absolute atomic E-state index is 11.7. The van der Waals surface area contributed by atoms with Gasteiger partial charge in [-0.3, -0.25) is 4.79 Å². The molecule has 0 aromatic heterocycles. The minimum atomic E-state index is -4.33. The van der Waals surface area contributed by atoms with Gasteiger partial charge in [-0.25, -0.2) is 0 Å². The van der Waals surface area contributed by atoms with E-state index in [1.54, 1.807) is 0 Å². The number of halogens is 3. The molecule has 7 heteroatoms. The van der Waals surface area contributed by atoms with Gasteiger partial charge in [0.05, 0.1) is 6.61 Å². The summed E-state index contributed by atoms with van der Waals surface area (Å²) in [6.45, 7) is -1.32. The van der Waals surface area contributed by atoms with Crippen molar-refractivity contribution in [2.45, 2.75) is 25.1 Å². The average Bonchev–Trinajstić information content (AvgIpc) is 2.91. The van der Waals surface area contributed by atoms with E-state index < -0.39 is 24.8 Å². The molecule has 0 saturated heterocycles. The lowest BCUT2D eigenvalue weighted by molar-refractivity contribution is -0.173. The Kier molecular flexibility index (Phi) is 4.55. The minimum Gasteiger partial charge on any atom is -0.480 e. The average molecular weight is 241 g/mol. The molecule has 0 amide bonds. The van der Waals surface area contributed by atoms with Crippen LogP contribution in [0.1, 0.15) is 12.8 Å². The molecule has 0 aromatic rings. The van der Waals surface area contributed by atoms with Gasteiger partial charge in [0.1, 0.15) is 12.6 Å². The second-order valence-electron chi connectivity index (χ2n) is 3.78. The van der Waals surface area contributed by atoms with Crippen molar-refractivity contribution in [3.05, 3.63) is 0 Å². The number of carbonyl (C=O) groups is 1. The van der Waals surface area contributed by atoms with Crippen LogP contribution in [0.5, 0.6) is 0 Å². The van der Waals surface area contributed by atoms with Gasteiger partial charge in [-0.15, -0.1) is 0 Å². The number of hydrogen-bond acceptors (Lipinski definition) is 3. The fourth-order valence-corrected chi connectivity index (χ4v) is 1.36. The number of aliphatic carboxylic acids is 1. The summed E-state index contributed by atoms with van der Waals surface area (Å²) >= 11 is 0. The van der Waals surface area contributed by atoms with Crippen molar-refractivity contribution < 1.29 is 27.8 Å². The molecular weight excluding hydrogens is 227 g/mol. The lowest BCUT2D eigenvalue weighted by Crippen LogP contribution is -2.40. The van der Waals surface area contributed by atoms with E-state index in [1.807, 2.05) is 0 Å². The summed E-state index contributed by atoms with van der Waals surface area (Å²) in [6, 6.07) is -0.658. The van der Waals surface area contributed by atoms with Crippen LogP contribution in [0.4, 0.5) is 13.2 Å². The Morgan fingerprint density at radius 1 is 1.50 bits per heavy atom.